The lowest BCUT2D eigenvalue weighted by Gasteiger charge is -2.08. The molecule has 2 aromatic rings. The lowest BCUT2D eigenvalue weighted by Crippen LogP contribution is -2.14. The Kier molecular flexibility index (Phi) is 4.46. The summed E-state index contributed by atoms with van der Waals surface area (Å²) < 4.78 is 0. The number of carbonyl (C=O) groups is 1. The highest BCUT2D eigenvalue weighted by atomic mass is 35.5. The summed E-state index contributed by atoms with van der Waals surface area (Å²) in [6.45, 7) is 2.00. The minimum atomic E-state index is -0.102. The molecule has 4 heteroatoms. The van der Waals surface area contributed by atoms with Gasteiger partial charge in [-0.3, -0.25) is 4.79 Å². The Labute approximate surface area is 122 Å². The predicted molar refractivity (Wildman–Crippen MR) is 80.0 cm³/mol. The largest absolute Gasteiger partial charge is 0.324 e. The second-order valence-corrected chi connectivity index (χ2v) is 5.18. The van der Waals surface area contributed by atoms with Gasteiger partial charge in [0, 0.05) is 5.02 Å². The van der Waals surface area contributed by atoms with Gasteiger partial charge in [0.15, 0.2) is 0 Å². The van der Waals surface area contributed by atoms with Gasteiger partial charge in [-0.1, -0.05) is 53.0 Å². The first-order valence-corrected chi connectivity index (χ1v) is 6.60. The molecule has 0 bridgehead atoms. The Bertz CT molecular complexity index is 611. The summed E-state index contributed by atoms with van der Waals surface area (Å²) >= 11 is 11.8. The van der Waals surface area contributed by atoms with Gasteiger partial charge in [-0.05, 0) is 30.7 Å². The Hall–Kier alpha value is -1.51. The summed E-state index contributed by atoms with van der Waals surface area (Å²) in [5.74, 6) is -0.102. The number of aryl methyl sites for hydroxylation is 1. The molecule has 0 aliphatic rings. The van der Waals surface area contributed by atoms with Crippen LogP contribution in [0.2, 0.25) is 10.0 Å². The molecule has 0 heterocycles. The summed E-state index contributed by atoms with van der Waals surface area (Å²) in [5.41, 5.74) is 2.68. The molecule has 0 spiro atoms. The molecule has 0 unspecified atom stereocenters. The molecule has 0 radical (unpaired) electrons. The second kappa shape index (κ2) is 6.09. The molecule has 0 aliphatic carbocycles. The molecule has 98 valence electrons. The van der Waals surface area contributed by atoms with Crippen molar-refractivity contribution >= 4 is 34.8 Å². The monoisotopic (exact) mass is 293 g/mol. The maximum absolute atomic E-state index is 11.9. The minimum Gasteiger partial charge on any atom is -0.324 e. The van der Waals surface area contributed by atoms with Crippen molar-refractivity contribution in [3.63, 3.8) is 0 Å². The van der Waals surface area contributed by atoms with Crippen LogP contribution in [-0.2, 0) is 11.2 Å². The van der Waals surface area contributed by atoms with Crippen LogP contribution in [0, 0.1) is 6.92 Å². The van der Waals surface area contributed by atoms with Crippen LogP contribution in [0.25, 0.3) is 0 Å². The molecule has 2 nitrogen and oxygen atoms in total. The third-order valence-corrected chi connectivity index (χ3v) is 3.20. The van der Waals surface area contributed by atoms with E-state index in [0.717, 1.165) is 11.1 Å². The average Bonchev–Trinajstić information content (AvgIpc) is 2.33. The molecule has 0 aromatic heterocycles. The molecule has 2 aromatic carbocycles. The van der Waals surface area contributed by atoms with Gasteiger partial charge >= 0.3 is 0 Å². The predicted octanol–water partition coefficient (Wildman–Crippen LogP) is 4.48. The fourth-order valence-corrected chi connectivity index (χ4v) is 2.25. The van der Waals surface area contributed by atoms with Crippen LogP contribution in [0.15, 0.2) is 42.5 Å². The van der Waals surface area contributed by atoms with Crippen molar-refractivity contribution in [2.24, 2.45) is 0 Å². The molecule has 0 fully saturated rings. The molecule has 1 N–H and O–H groups in total. The molecule has 0 saturated heterocycles. The van der Waals surface area contributed by atoms with Crippen LogP contribution >= 0.6 is 23.2 Å². The maximum Gasteiger partial charge on any atom is 0.228 e. The molecular weight excluding hydrogens is 281 g/mol. The quantitative estimate of drug-likeness (QED) is 0.888. The zero-order chi connectivity index (χ0) is 13.8. The van der Waals surface area contributed by atoms with Gasteiger partial charge in [-0.2, -0.15) is 0 Å². The first kappa shape index (κ1) is 13.9. The third kappa shape index (κ3) is 3.98. The summed E-state index contributed by atoms with van der Waals surface area (Å²) in [5, 5.41) is 3.75. The van der Waals surface area contributed by atoms with Gasteiger partial charge in [0.1, 0.15) is 0 Å². The summed E-state index contributed by atoms with van der Waals surface area (Å²) in [6.07, 6.45) is 0.320. The van der Waals surface area contributed by atoms with E-state index in [1.807, 2.05) is 31.2 Å². The van der Waals surface area contributed by atoms with E-state index in [2.05, 4.69) is 5.32 Å². The van der Waals surface area contributed by atoms with Crippen molar-refractivity contribution in [2.75, 3.05) is 5.32 Å². The van der Waals surface area contributed by atoms with Crippen LogP contribution in [0.4, 0.5) is 5.69 Å². The van der Waals surface area contributed by atoms with Gasteiger partial charge < -0.3 is 5.32 Å². The molecule has 0 aliphatic heterocycles. The first-order valence-electron chi connectivity index (χ1n) is 5.85. The summed E-state index contributed by atoms with van der Waals surface area (Å²) in [7, 11) is 0. The number of benzene rings is 2. The fraction of sp³-hybridized carbons (Fsp3) is 0.133. The summed E-state index contributed by atoms with van der Waals surface area (Å²) in [6, 6.07) is 12.8. The Morgan fingerprint density at radius 3 is 2.63 bits per heavy atom. The Morgan fingerprint density at radius 1 is 1.16 bits per heavy atom. The average molecular weight is 294 g/mol. The van der Waals surface area contributed by atoms with Gasteiger partial charge in [0.2, 0.25) is 5.91 Å². The number of hydrogen-bond donors (Lipinski definition) is 1. The zero-order valence-electron chi connectivity index (χ0n) is 10.4. The number of halogens is 2. The van der Waals surface area contributed by atoms with E-state index < -0.39 is 0 Å². The SMILES string of the molecule is Cc1cccc(CC(=O)Nc2ccc(Cl)cc2Cl)c1. The van der Waals surface area contributed by atoms with Crippen LogP contribution in [0.1, 0.15) is 11.1 Å². The van der Waals surface area contributed by atoms with E-state index >= 15 is 0 Å². The van der Waals surface area contributed by atoms with Crippen molar-refractivity contribution in [1.82, 2.24) is 0 Å². The molecular formula is C15H13Cl2NO. The zero-order valence-corrected chi connectivity index (χ0v) is 11.9. The standard InChI is InChI=1S/C15H13Cl2NO/c1-10-3-2-4-11(7-10)8-15(19)18-14-6-5-12(16)9-13(14)17/h2-7,9H,8H2,1H3,(H,18,19). The normalized spacial score (nSPS) is 10.3. The number of rotatable bonds is 3. The van der Waals surface area contributed by atoms with E-state index in [9.17, 15) is 4.79 Å². The highest BCUT2D eigenvalue weighted by molar-refractivity contribution is 6.36. The lowest BCUT2D eigenvalue weighted by atomic mass is 10.1. The van der Waals surface area contributed by atoms with Crippen molar-refractivity contribution < 1.29 is 4.79 Å². The Morgan fingerprint density at radius 2 is 1.95 bits per heavy atom. The van der Waals surface area contributed by atoms with Crippen molar-refractivity contribution in [2.45, 2.75) is 13.3 Å². The number of carbonyl (C=O) groups excluding carboxylic acids is 1. The van der Waals surface area contributed by atoms with E-state index in [-0.39, 0.29) is 5.91 Å². The number of nitrogens with one attached hydrogen (secondary N) is 1. The van der Waals surface area contributed by atoms with E-state index in [1.54, 1.807) is 18.2 Å². The van der Waals surface area contributed by atoms with Crippen molar-refractivity contribution in [1.29, 1.82) is 0 Å². The van der Waals surface area contributed by atoms with Gasteiger partial charge in [-0.25, -0.2) is 0 Å². The van der Waals surface area contributed by atoms with Crippen LogP contribution in [-0.4, -0.2) is 5.91 Å². The smallest absolute Gasteiger partial charge is 0.228 e. The highest BCUT2D eigenvalue weighted by Crippen LogP contribution is 2.25. The third-order valence-electron chi connectivity index (χ3n) is 2.65. The van der Waals surface area contributed by atoms with Crippen LogP contribution < -0.4 is 5.32 Å². The lowest BCUT2D eigenvalue weighted by molar-refractivity contribution is -0.115. The van der Waals surface area contributed by atoms with E-state index in [0.29, 0.717) is 22.2 Å². The van der Waals surface area contributed by atoms with Crippen LogP contribution in [0.3, 0.4) is 0 Å². The number of anilines is 1. The first-order chi connectivity index (χ1) is 9.04. The second-order valence-electron chi connectivity index (χ2n) is 4.34. The molecule has 2 rings (SSSR count). The molecule has 0 atom stereocenters. The topological polar surface area (TPSA) is 29.1 Å². The Balaban J connectivity index is 2.05. The van der Waals surface area contributed by atoms with Crippen LogP contribution in [0.5, 0.6) is 0 Å². The van der Waals surface area contributed by atoms with E-state index in [1.165, 1.54) is 0 Å². The van der Waals surface area contributed by atoms with Gasteiger partial charge in [0.05, 0.1) is 17.1 Å². The van der Waals surface area contributed by atoms with Crippen molar-refractivity contribution in [3.05, 3.63) is 63.6 Å². The van der Waals surface area contributed by atoms with Gasteiger partial charge in [0.25, 0.3) is 0 Å². The van der Waals surface area contributed by atoms with E-state index in [4.69, 9.17) is 23.2 Å². The number of amides is 1. The fourth-order valence-electron chi connectivity index (χ4n) is 1.79. The highest BCUT2D eigenvalue weighted by Gasteiger charge is 2.07. The van der Waals surface area contributed by atoms with Crippen molar-refractivity contribution in [3.8, 4) is 0 Å². The molecule has 1 amide bonds. The maximum atomic E-state index is 11.9. The molecule has 19 heavy (non-hydrogen) atoms. The minimum absolute atomic E-state index is 0.102. The summed E-state index contributed by atoms with van der Waals surface area (Å²) in [4.78, 5) is 11.9. The number of hydrogen-bond acceptors (Lipinski definition) is 1. The molecule has 0 saturated carbocycles. The van der Waals surface area contributed by atoms with Gasteiger partial charge in [-0.15, -0.1) is 0 Å².